The van der Waals surface area contributed by atoms with E-state index in [-0.39, 0.29) is 23.9 Å². The molecule has 0 unspecified atom stereocenters. The van der Waals surface area contributed by atoms with Gasteiger partial charge in [0.25, 0.3) is 0 Å². The molecule has 0 atom stereocenters. The summed E-state index contributed by atoms with van der Waals surface area (Å²) in [4.78, 5) is 23.4. The third kappa shape index (κ3) is 4.49. The summed E-state index contributed by atoms with van der Waals surface area (Å²) in [6.45, 7) is 3.88. The van der Waals surface area contributed by atoms with Crippen LogP contribution in [0.3, 0.4) is 0 Å². The minimum Gasteiger partial charge on any atom is -0.299 e. The van der Waals surface area contributed by atoms with Gasteiger partial charge in [-0.1, -0.05) is 37.0 Å². The quantitative estimate of drug-likeness (QED) is 0.595. The van der Waals surface area contributed by atoms with Crippen LogP contribution >= 0.6 is 23.2 Å². The largest absolute Gasteiger partial charge is 0.299 e. The smallest absolute Gasteiger partial charge is 0.171 e. The third-order valence-electron chi connectivity index (χ3n) is 2.22. The lowest BCUT2D eigenvalue weighted by molar-refractivity contribution is -0.118. The molecule has 0 fully saturated rings. The Morgan fingerprint density at radius 3 is 2.47 bits per heavy atom. The first kappa shape index (κ1) is 14.2. The highest BCUT2D eigenvalue weighted by atomic mass is 35.5. The highest BCUT2D eigenvalue weighted by molar-refractivity contribution is 6.36. The van der Waals surface area contributed by atoms with Gasteiger partial charge >= 0.3 is 0 Å². The van der Waals surface area contributed by atoms with E-state index in [1.165, 1.54) is 6.07 Å². The zero-order valence-corrected chi connectivity index (χ0v) is 11.3. The van der Waals surface area contributed by atoms with Gasteiger partial charge in [-0.25, -0.2) is 0 Å². The maximum atomic E-state index is 11.8. The van der Waals surface area contributed by atoms with Gasteiger partial charge in [0, 0.05) is 17.0 Å². The fourth-order valence-electron chi connectivity index (χ4n) is 1.51. The van der Waals surface area contributed by atoms with E-state index >= 15 is 0 Å². The number of ketones is 2. The van der Waals surface area contributed by atoms with Crippen LogP contribution in [0.15, 0.2) is 18.2 Å². The van der Waals surface area contributed by atoms with Crippen molar-refractivity contribution < 1.29 is 9.59 Å². The molecule has 0 amide bonds. The maximum Gasteiger partial charge on any atom is 0.171 e. The highest BCUT2D eigenvalue weighted by Crippen LogP contribution is 2.22. The van der Waals surface area contributed by atoms with Crippen molar-refractivity contribution in [2.24, 2.45) is 5.92 Å². The minimum absolute atomic E-state index is 0.0685. The lowest BCUT2D eigenvalue weighted by Gasteiger charge is -2.05. The van der Waals surface area contributed by atoms with E-state index in [9.17, 15) is 9.59 Å². The average molecular weight is 273 g/mol. The molecular weight excluding hydrogens is 259 g/mol. The van der Waals surface area contributed by atoms with Crippen LogP contribution in [-0.2, 0) is 4.79 Å². The Balaban J connectivity index is 2.76. The molecule has 0 aliphatic carbocycles. The summed E-state index contributed by atoms with van der Waals surface area (Å²) >= 11 is 11.7. The number of benzene rings is 1. The molecule has 1 aromatic rings. The minimum atomic E-state index is -0.275. The van der Waals surface area contributed by atoms with Crippen LogP contribution in [0.25, 0.3) is 0 Å². The number of hydrogen-bond donors (Lipinski definition) is 0. The van der Waals surface area contributed by atoms with Crippen molar-refractivity contribution in [2.75, 3.05) is 0 Å². The Kier molecular flexibility index (Phi) is 5.16. The van der Waals surface area contributed by atoms with Crippen LogP contribution in [0.1, 0.15) is 37.0 Å². The standard InChI is InChI=1S/C13H14Cl2O2/c1-8(2)5-10(16)7-13(17)11-6-9(14)3-4-12(11)15/h3-4,6,8H,5,7H2,1-2H3. The molecule has 92 valence electrons. The second-order valence-corrected chi connectivity index (χ2v) is 5.20. The van der Waals surface area contributed by atoms with E-state index in [1.54, 1.807) is 12.1 Å². The van der Waals surface area contributed by atoms with Gasteiger partial charge in [-0.3, -0.25) is 9.59 Å². The summed E-state index contributed by atoms with van der Waals surface area (Å²) in [5.41, 5.74) is 0.316. The van der Waals surface area contributed by atoms with Gasteiger partial charge in [0.15, 0.2) is 5.78 Å². The van der Waals surface area contributed by atoms with Gasteiger partial charge < -0.3 is 0 Å². The van der Waals surface area contributed by atoms with Gasteiger partial charge in [-0.15, -0.1) is 0 Å². The summed E-state index contributed by atoms with van der Waals surface area (Å²) in [5, 5.41) is 0.769. The SMILES string of the molecule is CC(C)CC(=O)CC(=O)c1cc(Cl)ccc1Cl. The number of Topliss-reactive ketones (excluding diaryl/α,β-unsaturated/α-hetero) is 2. The molecule has 0 aromatic heterocycles. The van der Waals surface area contributed by atoms with Crippen LogP contribution in [-0.4, -0.2) is 11.6 Å². The summed E-state index contributed by atoms with van der Waals surface area (Å²) in [6, 6.07) is 4.66. The Bertz CT molecular complexity index is 439. The normalized spacial score (nSPS) is 10.6. The molecule has 4 heteroatoms. The molecule has 17 heavy (non-hydrogen) atoms. The number of carbonyl (C=O) groups excluding carboxylic acids is 2. The monoisotopic (exact) mass is 272 g/mol. The van der Waals surface area contributed by atoms with Crippen LogP contribution in [0, 0.1) is 5.92 Å². The van der Waals surface area contributed by atoms with E-state index in [0.29, 0.717) is 22.0 Å². The zero-order valence-electron chi connectivity index (χ0n) is 9.80. The highest BCUT2D eigenvalue weighted by Gasteiger charge is 2.15. The van der Waals surface area contributed by atoms with E-state index in [2.05, 4.69) is 0 Å². The molecular formula is C13H14Cl2O2. The van der Waals surface area contributed by atoms with Crippen LogP contribution in [0.5, 0.6) is 0 Å². The maximum absolute atomic E-state index is 11.8. The Morgan fingerprint density at radius 1 is 1.24 bits per heavy atom. The number of hydrogen-bond acceptors (Lipinski definition) is 2. The first-order valence-corrected chi connectivity index (χ1v) is 6.15. The van der Waals surface area contributed by atoms with Crippen molar-refractivity contribution in [3.8, 4) is 0 Å². The van der Waals surface area contributed by atoms with Crippen molar-refractivity contribution in [3.63, 3.8) is 0 Å². The molecule has 0 bridgehead atoms. The molecule has 1 aromatic carbocycles. The Labute approximate surface area is 111 Å². The number of carbonyl (C=O) groups is 2. The first-order chi connectivity index (χ1) is 7.90. The molecule has 0 saturated heterocycles. The van der Waals surface area contributed by atoms with Crippen molar-refractivity contribution in [1.29, 1.82) is 0 Å². The molecule has 0 heterocycles. The van der Waals surface area contributed by atoms with Gasteiger partial charge in [0.1, 0.15) is 5.78 Å². The molecule has 0 aliphatic heterocycles. The molecule has 0 saturated carbocycles. The summed E-state index contributed by atoms with van der Waals surface area (Å²) < 4.78 is 0. The average Bonchev–Trinajstić information content (AvgIpc) is 2.20. The van der Waals surface area contributed by atoms with Gasteiger partial charge in [-0.05, 0) is 24.1 Å². The second-order valence-electron chi connectivity index (χ2n) is 4.36. The topological polar surface area (TPSA) is 34.1 Å². The van der Waals surface area contributed by atoms with E-state index in [0.717, 1.165) is 0 Å². The molecule has 1 rings (SSSR count). The predicted octanol–water partition coefficient (Wildman–Crippen LogP) is 4.18. The zero-order chi connectivity index (χ0) is 13.0. The van der Waals surface area contributed by atoms with E-state index in [4.69, 9.17) is 23.2 Å². The van der Waals surface area contributed by atoms with Gasteiger partial charge in [0.05, 0.1) is 11.4 Å². The van der Waals surface area contributed by atoms with Crippen LogP contribution in [0.2, 0.25) is 10.0 Å². The lowest BCUT2D eigenvalue weighted by atomic mass is 10.0. The van der Waals surface area contributed by atoms with Gasteiger partial charge in [0.2, 0.25) is 0 Å². The summed E-state index contributed by atoms with van der Waals surface area (Å²) in [6.07, 6.45) is 0.294. The van der Waals surface area contributed by atoms with Crippen LogP contribution < -0.4 is 0 Å². The van der Waals surface area contributed by atoms with Crippen molar-refractivity contribution >= 4 is 34.8 Å². The number of halogens is 2. The molecule has 0 aliphatic rings. The molecule has 0 radical (unpaired) electrons. The fraction of sp³-hybridized carbons (Fsp3) is 0.385. The molecule has 0 N–H and O–H groups in total. The van der Waals surface area contributed by atoms with E-state index in [1.807, 2.05) is 13.8 Å². The van der Waals surface area contributed by atoms with Crippen LogP contribution in [0.4, 0.5) is 0 Å². The third-order valence-corrected chi connectivity index (χ3v) is 2.79. The first-order valence-electron chi connectivity index (χ1n) is 5.40. The predicted molar refractivity (Wildman–Crippen MR) is 69.9 cm³/mol. The molecule has 0 spiro atoms. The van der Waals surface area contributed by atoms with Crippen molar-refractivity contribution in [1.82, 2.24) is 0 Å². The second kappa shape index (κ2) is 6.18. The van der Waals surface area contributed by atoms with Crippen molar-refractivity contribution in [2.45, 2.75) is 26.7 Å². The van der Waals surface area contributed by atoms with Crippen molar-refractivity contribution in [3.05, 3.63) is 33.8 Å². The summed E-state index contributed by atoms with van der Waals surface area (Å²) in [5.74, 6) is -0.0886. The van der Waals surface area contributed by atoms with E-state index < -0.39 is 0 Å². The summed E-state index contributed by atoms with van der Waals surface area (Å²) in [7, 11) is 0. The Hall–Kier alpha value is -0.860. The van der Waals surface area contributed by atoms with Gasteiger partial charge in [-0.2, -0.15) is 0 Å². The molecule has 2 nitrogen and oxygen atoms in total. The Morgan fingerprint density at radius 2 is 1.88 bits per heavy atom. The number of rotatable bonds is 5. The fourth-order valence-corrected chi connectivity index (χ4v) is 1.91. The lowest BCUT2D eigenvalue weighted by Crippen LogP contribution is -2.10.